The van der Waals surface area contributed by atoms with Gasteiger partial charge < -0.3 is 4.74 Å². The second-order valence-corrected chi connectivity index (χ2v) is 6.34. The highest BCUT2D eigenvalue weighted by atomic mass is 35.5. The van der Waals surface area contributed by atoms with Gasteiger partial charge in [0.15, 0.2) is 5.78 Å². The third-order valence-electron chi connectivity index (χ3n) is 3.21. The lowest BCUT2D eigenvalue weighted by Gasteiger charge is -2.23. The van der Waals surface area contributed by atoms with Crippen molar-refractivity contribution in [2.45, 2.75) is 39.5 Å². The molecule has 0 saturated heterocycles. The van der Waals surface area contributed by atoms with Gasteiger partial charge >= 0.3 is 5.97 Å². The van der Waals surface area contributed by atoms with Gasteiger partial charge in [-0.1, -0.05) is 37.6 Å². The molecule has 1 rings (SSSR count). The number of ketones is 1. The average molecular weight is 322 g/mol. The van der Waals surface area contributed by atoms with E-state index in [-0.39, 0.29) is 24.6 Å². The molecule has 0 aliphatic rings. The summed E-state index contributed by atoms with van der Waals surface area (Å²) in [5.74, 6) is -1.43. The first kappa shape index (κ1) is 18.2. The van der Waals surface area contributed by atoms with Gasteiger partial charge in [0, 0.05) is 11.4 Å². The molecule has 0 aromatic heterocycles. The number of nitrogens with zero attached hydrogens (tertiary/aromatic N) is 1. The Morgan fingerprint density at radius 1 is 1.36 bits per heavy atom. The number of rotatable bonds is 7. The van der Waals surface area contributed by atoms with Crippen molar-refractivity contribution in [3.8, 4) is 6.07 Å². The van der Waals surface area contributed by atoms with Crippen LogP contribution in [0.25, 0.3) is 0 Å². The molecule has 0 saturated carbocycles. The van der Waals surface area contributed by atoms with Crippen molar-refractivity contribution < 1.29 is 14.3 Å². The van der Waals surface area contributed by atoms with Gasteiger partial charge in [-0.3, -0.25) is 9.59 Å². The number of esters is 1. The van der Waals surface area contributed by atoms with E-state index in [0.717, 1.165) is 0 Å². The number of carbonyl (C=O) groups excluding carboxylic acids is 2. The third kappa shape index (κ3) is 5.50. The van der Waals surface area contributed by atoms with Crippen LogP contribution in [0.4, 0.5) is 0 Å². The fourth-order valence-corrected chi connectivity index (χ4v) is 2.46. The Morgan fingerprint density at radius 3 is 2.59 bits per heavy atom. The molecule has 0 bridgehead atoms. The van der Waals surface area contributed by atoms with Crippen molar-refractivity contribution in [1.82, 2.24) is 0 Å². The second kappa shape index (κ2) is 7.95. The average Bonchev–Trinajstić information content (AvgIpc) is 2.38. The van der Waals surface area contributed by atoms with E-state index >= 15 is 0 Å². The van der Waals surface area contributed by atoms with Crippen LogP contribution in [-0.4, -0.2) is 18.4 Å². The molecule has 118 valence electrons. The highest BCUT2D eigenvalue weighted by Crippen LogP contribution is 2.30. The zero-order valence-electron chi connectivity index (χ0n) is 13.1. The Bertz CT molecular complexity index is 590. The molecular weight excluding hydrogens is 302 g/mol. The summed E-state index contributed by atoms with van der Waals surface area (Å²) in [4.78, 5) is 24.0. The van der Waals surface area contributed by atoms with Gasteiger partial charge in [0.2, 0.25) is 0 Å². The number of halogens is 1. The molecular formula is C17H20ClNO3. The molecule has 0 radical (unpaired) electrons. The number of Topliss-reactive ketones (excluding diaryl/α,β-unsaturated/α-hetero) is 1. The van der Waals surface area contributed by atoms with Crippen LogP contribution in [0.1, 0.15) is 45.1 Å². The smallest absolute Gasteiger partial charge is 0.306 e. The van der Waals surface area contributed by atoms with Gasteiger partial charge in [0.05, 0.1) is 19.1 Å². The molecule has 0 heterocycles. The second-order valence-electron chi connectivity index (χ2n) is 5.91. The molecule has 0 spiro atoms. The van der Waals surface area contributed by atoms with Crippen LogP contribution in [0.15, 0.2) is 24.3 Å². The Labute approximate surface area is 136 Å². The van der Waals surface area contributed by atoms with Gasteiger partial charge in [0.1, 0.15) is 5.92 Å². The minimum absolute atomic E-state index is 0.122. The predicted molar refractivity (Wildman–Crippen MR) is 84.5 cm³/mol. The van der Waals surface area contributed by atoms with E-state index in [1.54, 1.807) is 31.2 Å². The lowest BCUT2D eigenvalue weighted by atomic mass is 9.80. The van der Waals surface area contributed by atoms with Crippen molar-refractivity contribution in [3.05, 3.63) is 34.9 Å². The van der Waals surface area contributed by atoms with Gasteiger partial charge in [-0.15, -0.1) is 0 Å². The highest BCUT2D eigenvalue weighted by Gasteiger charge is 2.30. The maximum atomic E-state index is 12.4. The van der Waals surface area contributed by atoms with E-state index in [4.69, 9.17) is 16.3 Å². The highest BCUT2D eigenvalue weighted by molar-refractivity contribution is 6.30. The van der Waals surface area contributed by atoms with E-state index in [9.17, 15) is 14.9 Å². The molecule has 0 amide bonds. The van der Waals surface area contributed by atoms with Crippen molar-refractivity contribution >= 4 is 23.4 Å². The van der Waals surface area contributed by atoms with E-state index in [0.29, 0.717) is 17.2 Å². The summed E-state index contributed by atoms with van der Waals surface area (Å²) in [6, 6.07) is 8.74. The fourth-order valence-electron chi connectivity index (χ4n) is 2.26. The number of hydrogen-bond acceptors (Lipinski definition) is 4. The number of benzene rings is 1. The molecule has 1 aromatic rings. The number of nitriles is 1. The fraction of sp³-hybridized carbons (Fsp3) is 0.471. The summed E-state index contributed by atoms with van der Waals surface area (Å²) in [6.07, 6.45) is 0.261. The lowest BCUT2D eigenvalue weighted by Crippen LogP contribution is -2.25. The summed E-state index contributed by atoms with van der Waals surface area (Å²) in [5.41, 5.74) is 0.0173. The Morgan fingerprint density at radius 2 is 2.05 bits per heavy atom. The molecule has 0 aliphatic carbocycles. The molecule has 0 N–H and O–H groups in total. The minimum atomic E-state index is -0.875. The molecule has 1 aromatic carbocycles. The SMILES string of the molecule is CCOC(=O)CC(C)(C)CC(=O)C(C#N)c1cccc(Cl)c1. The minimum Gasteiger partial charge on any atom is -0.466 e. The Hall–Kier alpha value is -1.86. The van der Waals surface area contributed by atoms with Crippen molar-refractivity contribution in [3.63, 3.8) is 0 Å². The maximum absolute atomic E-state index is 12.4. The molecule has 4 nitrogen and oxygen atoms in total. The lowest BCUT2D eigenvalue weighted by molar-refractivity contribution is -0.145. The van der Waals surface area contributed by atoms with E-state index in [1.165, 1.54) is 0 Å². The normalized spacial score (nSPS) is 12.3. The van der Waals surface area contributed by atoms with Crippen LogP contribution >= 0.6 is 11.6 Å². The largest absolute Gasteiger partial charge is 0.466 e. The number of hydrogen-bond donors (Lipinski definition) is 0. The quantitative estimate of drug-likeness (QED) is 0.715. The predicted octanol–water partition coefficient (Wildman–Crippen LogP) is 3.89. The third-order valence-corrected chi connectivity index (χ3v) is 3.45. The maximum Gasteiger partial charge on any atom is 0.306 e. The number of ether oxygens (including phenoxy) is 1. The number of carbonyl (C=O) groups is 2. The Balaban J connectivity index is 2.81. The zero-order valence-corrected chi connectivity index (χ0v) is 13.8. The van der Waals surface area contributed by atoms with E-state index in [2.05, 4.69) is 0 Å². The van der Waals surface area contributed by atoms with E-state index < -0.39 is 11.3 Å². The van der Waals surface area contributed by atoms with Gasteiger partial charge in [-0.25, -0.2) is 0 Å². The zero-order chi connectivity index (χ0) is 16.8. The molecule has 5 heteroatoms. The topological polar surface area (TPSA) is 67.2 Å². The molecule has 0 aliphatic heterocycles. The Kier molecular flexibility index (Phi) is 6.58. The van der Waals surface area contributed by atoms with Gasteiger partial charge in [-0.05, 0) is 30.0 Å². The summed E-state index contributed by atoms with van der Waals surface area (Å²) in [7, 11) is 0. The van der Waals surface area contributed by atoms with Crippen molar-refractivity contribution in [2.75, 3.05) is 6.61 Å². The van der Waals surface area contributed by atoms with Gasteiger partial charge in [-0.2, -0.15) is 5.26 Å². The summed E-state index contributed by atoms with van der Waals surface area (Å²) in [5, 5.41) is 9.78. The van der Waals surface area contributed by atoms with E-state index in [1.807, 2.05) is 19.9 Å². The summed E-state index contributed by atoms with van der Waals surface area (Å²) in [6.45, 7) is 5.68. The van der Waals surface area contributed by atoms with Crippen LogP contribution in [-0.2, 0) is 14.3 Å². The van der Waals surface area contributed by atoms with Crippen molar-refractivity contribution in [1.29, 1.82) is 5.26 Å². The van der Waals surface area contributed by atoms with Crippen LogP contribution in [0.5, 0.6) is 0 Å². The molecule has 0 fully saturated rings. The summed E-state index contributed by atoms with van der Waals surface area (Å²) >= 11 is 5.91. The first-order valence-electron chi connectivity index (χ1n) is 7.12. The van der Waals surface area contributed by atoms with Crippen LogP contribution in [0.2, 0.25) is 5.02 Å². The molecule has 1 unspecified atom stereocenters. The van der Waals surface area contributed by atoms with Crippen LogP contribution in [0.3, 0.4) is 0 Å². The standard InChI is InChI=1S/C17H20ClNO3/c1-4-22-16(21)10-17(2,3)9-15(20)14(11-19)12-6-5-7-13(18)8-12/h5-8,14H,4,9-10H2,1-3H3. The van der Waals surface area contributed by atoms with Crippen molar-refractivity contribution in [2.24, 2.45) is 5.41 Å². The summed E-state index contributed by atoms with van der Waals surface area (Å²) < 4.78 is 4.91. The molecule has 1 atom stereocenters. The van der Waals surface area contributed by atoms with Crippen LogP contribution < -0.4 is 0 Å². The van der Waals surface area contributed by atoms with Crippen LogP contribution in [0, 0.1) is 16.7 Å². The molecule has 22 heavy (non-hydrogen) atoms. The first-order valence-corrected chi connectivity index (χ1v) is 7.50. The van der Waals surface area contributed by atoms with Gasteiger partial charge in [0.25, 0.3) is 0 Å². The monoisotopic (exact) mass is 321 g/mol. The first-order chi connectivity index (χ1) is 10.3.